The normalized spacial score (nSPS) is 11.5. The number of furan rings is 1. The average Bonchev–Trinajstić information content (AvgIpc) is 3.07. The highest BCUT2D eigenvalue weighted by molar-refractivity contribution is 6.10. The first-order chi connectivity index (χ1) is 14.4. The van der Waals surface area contributed by atoms with Gasteiger partial charge < -0.3 is 4.42 Å². The number of benzene rings is 2. The Morgan fingerprint density at radius 3 is 2.20 bits per heavy atom. The molecular formula is C27H24N2O. The summed E-state index contributed by atoms with van der Waals surface area (Å²) in [5.74, 6) is 0. The van der Waals surface area contributed by atoms with E-state index in [0.29, 0.717) is 5.71 Å². The molecule has 0 bridgehead atoms. The van der Waals surface area contributed by atoms with Gasteiger partial charge in [-0.05, 0) is 87.2 Å². The number of aryl methyl sites for hydroxylation is 5. The van der Waals surface area contributed by atoms with Crippen LogP contribution in [-0.4, -0.2) is 9.97 Å². The number of pyridine rings is 2. The molecule has 3 heterocycles. The molecule has 148 valence electrons. The molecule has 0 saturated heterocycles. The van der Waals surface area contributed by atoms with Crippen molar-refractivity contribution >= 4 is 22.1 Å². The molecule has 30 heavy (non-hydrogen) atoms. The van der Waals surface area contributed by atoms with Crippen LogP contribution in [0.2, 0.25) is 0 Å². The number of nitrogens with zero attached hydrogens (tertiary/aromatic N) is 2. The highest BCUT2D eigenvalue weighted by Crippen LogP contribution is 2.38. The maximum Gasteiger partial charge on any atom is 0.227 e. The Morgan fingerprint density at radius 2 is 1.47 bits per heavy atom. The molecule has 0 saturated carbocycles. The summed E-state index contributed by atoms with van der Waals surface area (Å²) >= 11 is 0. The molecule has 3 aromatic heterocycles. The molecule has 5 rings (SSSR count). The van der Waals surface area contributed by atoms with Crippen LogP contribution in [0.5, 0.6) is 0 Å². The second-order valence-electron chi connectivity index (χ2n) is 8.28. The highest BCUT2D eigenvalue weighted by atomic mass is 16.3. The summed E-state index contributed by atoms with van der Waals surface area (Å²) in [5.41, 5.74) is 11.7. The number of fused-ring (bicyclic) bond motifs is 3. The first-order valence-corrected chi connectivity index (χ1v) is 10.3. The van der Waals surface area contributed by atoms with Crippen molar-refractivity contribution in [1.82, 2.24) is 9.97 Å². The van der Waals surface area contributed by atoms with Crippen molar-refractivity contribution in [2.45, 2.75) is 34.6 Å². The minimum atomic E-state index is 0.671. The van der Waals surface area contributed by atoms with Gasteiger partial charge in [-0.2, -0.15) is 0 Å². The molecule has 0 radical (unpaired) electrons. The van der Waals surface area contributed by atoms with Gasteiger partial charge in [0, 0.05) is 28.1 Å². The first-order valence-electron chi connectivity index (χ1n) is 10.3. The van der Waals surface area contributed by atoms with Crippen LogP contribution < -0.4 is 0 Å². The topological polar surface area (TPSA) is 38.9 Å². The van der Waals surface area contributed by atoms with E-state index in [-0.39, 0.29) is 0 Å². The van der Waals surface area contributed by atoms with E-state index in [2.05, 4.69) is 82.1 Å². The van der Waals surface area contributed by atoms with E-state index in [4.69, 9.17) is 9.40 Å². The molecule has 5 aromatic rings. The van der Waals surface area contributed by atoms with Crippen molar-refractivity contribution in [3.05, 3.63) is 82.5 Å². The molecule has 0 aliphatic rings. The molecule has 0 aliphatic carbocycles. The summed E-state index contributed by atoms with van der Waals surface area (Å²) in [7, 11) is 0. The Morgan fingerprint density at radius 1 is 0.700 bits per heavy atom. The summed E-state index contributed by atoms with van der Waals surface area (Å²) < 4.78 is 6.37. The smallest absolute Gasteiger partial charge is 0.227 e. The van der Waals surface area contributed by atoms with Gasteiger partial charge >= 0.3 is 0 Å². The number of rotatable bonds is 2. The summed E-state index contributed by atoms with van der Waals surface area (Å²) in [4.78, 5) is 9.52. The van der Waals surface area contributed by atoms with Crippen molar-refractivity contribution in [3.63, 3.8) is 0 Å². The molecule has 0 amide bonds. The maximum absolute atomic E-state index is 6.37. The largest absolute Gasteiger partial charge is 0.437 e. The lowest BCUT2D eigenvalue weighted by Crippen LogP contribution is -1.92. The summed E-state index contributed by atoms with van der Waals surface area (Å²) in [6.45, 7) is 10.6. The summed E-state index contributed by atoms with van der Waals surface area (Å²) in [6.07, 6.45) is 1.85. The zero-order valence-corrected chi connectivity index (χ0v) is 18.0. The van der Waals surface area contributed by atoms with Crippen LogP contribution in [-0.2, 0) is 0 Å². The molecule has 0 spiro atoms. The van der Waals surface area contributed by atoms with Crippen molar-refractivity contribution < 1.29 is 4.42 Å². The van der Waals surface area contributed by atoms with Crippen LogP contribution >= 0.6 is 0 Å². The van der Waals surface area contributed by atoms with Crippen molar-refractivity contribution in [1.29, 1.82) is 0 Å². The number of hydrogen-bond acceptors (Lipinski definition) is 3. The lowest BCUT2D eigenvalue weighted by molar-refractivity contribution is 0.655. The lowest BCUT2D eigenvalue weighted by atomic mass is 9.96. The fourth-order valence-corrected chi connectivity index (χ4v) is 4.54. The van der Waals surface area contributed by atoms with Crippen LogP contribution in [0.15, 0.2) is 59.1 Å². The first kappa shape index (κ1) is 18.6. The van der Waals surface area contributed by atoms with E-state index < -0.39 is 0 Å². The van der Waals surface area contributed by atoms with Gasteiger partial charge in [0.15, 0.2) is 0 Å². The summed E-state index contributed by atoms with van der Waals surface area (Å²) in [5, 5.41) is 2.16. The maximum atomic E-state index is 6.37. The third-order valence-electron chi connectivity index (χ3n) is 5.82. The van der Waals surface area contributed by atoms with Gasteiger partial charge in [0.05, 0.1) is 11.4 Å². The Labute approximate surface area is 176 Å². The molecule has 0 fully saturated rings. The van der Waals surface area contributed by atoms with E-state index in [9.17, 15) is 0 Å². The predicted molar refractivity (Wildman–Crippen MR) is 124 cm³/mol. The minimum Gasteiger partial charge on any atom is -0.437 e. The molecular weight excluding hydrogens is 368 g/mol. The van der Waals surface area contributed by atoms with Crippen LogP contribution in [0.25, 0.3) is 44.6 Å². The summed E-state index contributed by atoms with van der Waals surface area (Å²) in [6, 6.07) is 17.0. The molecule has 3 nitrogen and oxygen atoms in total. The van der Waals surface area contributed by atoms with Gasteiger partial charge in [-0.1, -0.05) is 23.8 Å². The van der Waals surface area contributed by atoms with Crippen LogP contribution in [0.4, 0.5) is 0 Å². The van der Waals surface area contributed by atoms with Gasteiger partial charge in [-0.25, -0.2) is 4.98 Å². The van der Waals surface area contributed by atoms with Gasteiger partial charge in [0.2, 0.25) is 5.71 Å². The standard InChI is InChI=1S/C27H24N2O/c1-15-10-11-28-23(14-15)20-7-6-17(3)25-21-8-9-22(29-27(21)30-26(20)25)24-18(4)12-16(2)13-19(24)5/h6-14H,1-5H3. The van der Waals surface area contributed by atoms with E-state index >= 15 is 0 Å². The van der Waals surface area contributed by atoms with Gasteiger partial charge in [-0.15, -0.1) is 0 Å². The zero-order chi connectivity index (χ0) is 21.0. The monoisotopic (exact) mass is 392 g/mol. The van der Waals surface area contributed by atoms with E-state index in [1.165, 1.54) is 33.4 Å². The number of hydrogen-bond donors (Lipinski definition) is 0. The molecule has 2 aromatic carbocycles. The molecule has 0 N–H and O–H groups in total. The van der Waals surface area contributed by atoms with Crippen molar-refractivity contribution in [2.24, 2.45) is 0 Å². The fraction of sp³-hybridized carbons (Fsp3) is 0.185. The van der Waals surface area contributed by atoms with Gasteiger partial charge in [0.25, 0.3) is 0 Å². The quantitative estimate of drug-likeness (QED) is 0.317. The SMILES string of the molecule is Cc1ccnc(-c2ccc(C)c3c2oc2nc(-c4c(C)cc(C)cc4C)ccc23)c1. The molecule has 3 heteroatoms. The second-order valence-corrected chi connectivity index (χ2v) is 8.28. The molecule has 0 atom stereocenters. The predicted octanol–water partition coefficient (Wildman–Crippen LogP) is 7.25. The Kier molecular flexibility index (Phi) is 4.21. The Bertz CT molecular complexity index is 1420. The number of aromatic nitrogens is 2. The zero-order valence-electron chi connectivity index (χ0n) is 18.0. The highest BCUT2D eigenvalue weighted by Gasteiger charge is 2.17. The average molecular weight is 393 g/mol. The van der Waals surface area contributed by atoms with E-state index in [0.717, 1.165) is 33.3 Å². The van der Waals surface area contributed by atoms with Crippen LogP contribution in [0, 0.1) is 34.6 Å². The fourth-order valence-electron chi connectivity index (χ4n) is 4.54. The lowest BCUT2D eigenvalue weighted by Gasteiger charge is -2.10. The van der Waals surface area contributed by atoms with Crippen molar-refractivity contribution in [3.8, 4) is 22.5 Å². The Balaban J connectivity index is 1.78. The molecule has 0 aliphatic heterocycles. The van der Waals surface area contributed by atoms with Gasteiger partial charge in [0.1, 0.15) is 5.58 Å². The second kappa shape index (κ2) is 6.81. The molecule has 0 unspecified atom stereocenters. The van der Waals surface area contributed by atoms with Crippen molar-refractivity contribution in [2.75, 3.05) is 0 Å². The van der Waals surface area contributed by atoms with Crippen LogP contribution in [0.3, 0.4) is 0 Å². The van der Waals surface area contributed by atoms with E-state index in [1.54, 1.807) is 0 Å². The van der Waals surface area contributed by atoms with Crippen LogP contribution in [0.1, 0.15) is 27.8 Å². The minimum absolute atomic E-state index is 0.671. The third kappa shape index (κ3) is 2.89. The van der Waals surface area contributed by atoms with E-state index in [1.807, 2.05) is 12.3 Å². The Hall–Kier alpha value is -3.46. The third-order valence-corrected chi connectivity index (χ3v) is 5.82. The van der Waals surface area contributed by atoms with Gasteiger partial charge in [-0.3, -0.25) is 4.98 Å².